The topological polar surface area (TPSA) is 23.1 Å². The van der Waals surface area contributed by atoms with E-state index in [-0.39, 0.29) is 6.61 Å². The van der Waals surface area contributed by atoms with Crippen LogP contribution in [0.25, 0.3) is 0 Å². The molecule has 56 valence electrons. The summed E-state index contributed by atoms with van der Waals surface area (Å²) in [4.78, 5) is 0. The Balaban J connectivity index is 0.000000292. The molecule has 0 fully saturated rings. The van der Waals surface area contributed by atoms with Crippen molar-refractivity contribution in [1.82, 2.24) is 0 Å². The Morgan fingerprint density at radius 1 is 1.27 bits per heavy atom. The third kappa shape index (κ3) is 6.35. The summed E-state index contributed by atoms with van der Waals surface area (Å²) >= 11 is 1.98. The molecule has 0 spiro atoms. The third-order valence-electron chi connectivity index (χ3n) is 1.13. The van der Waals surface area contributed by atoms with Gasteiger partial charge in [-0.25, -0.2) is 0 Å². The van der Waals surface area contributed by atoms with E-state index < -0.39 is 0 Å². The van der Waals surface area contributed by atoms with Gasteiger partial charge in [0.25, 0.3) is 0 Å². The fourth-order valence-corrected chi connectivity index (χ4v) is 0.978. The van der Waals surface area contributed by atoms with Crippen LogP contribution in [0.5, 0.6) is 0 Å². The third-order valence-corrected chi connectivity index (χ3v) is 1.71. The Hall–Kier alpha value is -0.0538. The minimum absolute atomic E-state index is 0. The molecule has 0 aromatic heterocycles. The van der Waals surface area contributed by atoms with E-state index in [2.05, 4.69) is 24.3 Å². The van der Waals surface area contributed by atoms with E-state index in [1.165, 1.54) is 10.1 Å². The summed E-state index contributed by atoms with van der Waals surface area (Å²) in [7, 11) is 0. The van der Waals surface area contributed by atoms with Crippen molar-refractivity contribution in [3.05, 3.63) is 35.9 Å². The normalized spacial score (nSPS) is 8.36. The molecule has 0 unspecified atom stereocenters. The van der Waals surface area contributed by atoms with Gasteiger partial charge in [-0.05, 0) is 0 Å². The van der Waals surface area contributed by atoms with E-state index in [1.807, 2.05) is 27.8 Å². The molecule has 2 heteroatoms. The van der Waals surface area contributed by atoms with Crippen LogP contribution >= 0.6 is 0 Å². The monoisotopic (exact) mass is 160 g/mol. The summed E-state index contributed by atoms with van der Waals surface area (Å²) < 4.78 is 1.17. The number of benzene rings is 1. The first-order chi connectivity index (χ1) is 5.35. The molecule has 0 saturated heterocycles. The Morgan fingerprint density at radius 2 is 1.73 bits per heavy atom. The molecule has 1 nitrogen and oxygen atoms in total. The van der Waals surface area contributed by atoms with Crippen LogP contribution in [-0.4, -0.2) is 28.3 Å². The molecular formula is C9H12MgO. The molecule has 0 bridgehead atoms. The summed E-state index contributed by atoms with van der Waals surface area (Å²) in [5, 5.41) is 8.93. The average Bonchev–Trinajstić information content (AvgIpc) is 2.08. The maximum atomic E-state index is 8.93. The predicted octanol–water partition coefficient (Wildman–Crippen LogP) is 0.722. The molecule has 0 atom stereocenters. The Bertz CT molecular complexity index is 162. The molecule has 1 aromatic rings. The van der Waals surface area contributed by atoms with Gasteiger partial charge in [0.15, 0.2) is 0 Å². The summed E-state index contributed by atoms with van der Waals surface area (Å²) in [6, 6.07) is 10.5. The standard InChI is InChI=1S/C7H7.C2H5O.Mg/c1-7-5-3-2-4-6-7;1-2-3;/h2-6H,1H2;2H2,1H3;/q;-1;+1. The number of hydrogen-bond donors (Lipinski definition) is 0. The zero-order chi connectivity index (χ0) is 8.53. The van der Waals surface area contributed by atoms with Crippen molar-refractivity contribution in [1.29, 1.82) is 0 Å². The number of hydrogen-bond acceptors (Lipinski definition) is 1. The number of rotatable bonds is 1. The SMILES string of the molecule is CC[O-].[Mg+][CH2]c1ccccc1. The summed E-state index contributed by atoms with van der Waals surface area (Å²) in [6.07, 6.45) is 0. The molecular weight excluding hydrogens is 148 g/mol. The Kier molecular flexibility index (Phi) is 8.01. The van der Waals surface area contributed by atoms with Gasteiger partial charge in [0.1, 0.15) is 0 Å². The van der Waals surface area contributed by atoms with Crippen LogP contribution in [0.4, 0.5) is 0 Å². The Labute approximate surface area is 80.9 Å². The maximum absolute atomic E-state index is 8.93. The van der Waals surface area contributed by atoms with Crippen molar-refractivity contribution in [3.63, 3.8) is 0 Å². The molecule has 0 aliphatic carbocycles. The van der Waals surface area contributed by atoms with Gasteiger partial charge in [-0.15, -0.1) is 6.61 Å². The molecule has 1 rings (SSSR count). The van der Waals surface area contributed by atoms with E-state index in [0.29, 0.717) is 0 Å². The first-order valence-electron chi connectivity index (χ1n) is 3.76. The Morgan fingerprint density at radius 3 is 2.00 bits per heavy atom. The van der Waals surface area contributed by atoms with Crippen LogP contribution in [0.3, 0.4) is 0 Å². The first-order valence-corrected chi connectivity index (χ1v) is 4.76. The van der Waals surface area contributed by atoms with E-state index in [0.717, 1.165) is 0 Å². The summed E-state index contributed by atoms with van der Waals surface area (Å²) in [6.45, 7) is 1.57. The molecule has 1 aromatic carbocycles. The fourth-order valence-electron chi connectivity index (χ4n) is 0.645. The van der Waals surface area contributed by atoms with E-state index >= 15 is 0 Å². The van der Waals surface area contributed by atoms with Gasteiger partial charge in [-0.2, -0.15) is 0 Å². The van der Waals surface area contributed by atoms with Gasteiger partial charge in [0.2, 0.25) is 0 Å². The van der Waals surface area contributed by atoms with Crippen LogP contribution in [0, 0.1) is 0 Å². The summed E-state index contributed by atoms with van der Waals surface area (Å²) in [5.74, 6) is 0. The van der Waals surface area contributed by atoms with Gasteiger partial charge in [-0.1, -0.05) is 6.92 Å². The molecule has 0 amide bonds. The van der Waals surface area contributed by atoms with E-state index in [4.69, 9.17) is 5.11 Å². The van der Waals surface area contributed by atoms with Crippen molar-refractivity contribution >= 4 is 21.7 Å². The van der Waals surface area contributed by atoms with Crippen LogP contribution in [0.1, 0.15) is 12.5 Å². The van der Waals surface area contributed by atoms with Crippen LogP contribution in [0.2, 0.25) is 0 Å². The van der Waals surface area contributed by atoms with Crippen molar-refractivity contribution in [2.75, 3.05) is 6.61 Å². The zero-order valence-electron chi connectivity index (χ0n) is 6.92. The van der Waals surface area contributed by atoms with Crippen LogP contribution in [-0.2, 0) is 4.55 Å². The molecule has 0 aliphatic heterocycles. The summed E-state index contributed by atoms with van der Waals surface area (Å²) in [5.41, 5.74) is 1.42. The fraction of sp³-hybridized carbons (Fsp3) is 0.333. The molecule has 0 heterocycles. The predicted molar refractivity (Wildman–Crippen MR) is 46.4 cm³/mol. The molecule has 0 saturated carbocycles. The zero-order valence-corrected chi connectivity index (χ0v) is 8.33. The minimum atomic E-state index is 0. The van der Waals surface area contributed by atoms with Crippen molar-refractivity contribution in [2.45, 2.75) is 11.5 Å². The van der Waals surface area contributed by atoms with Gasteiger partial charge >= 0.3 is 62.2 Å². The van der Waals surface area contributed by atoms with Gasteiger partial charge in [0.05, 0.1) is 0 Å². The van der Waals surface area contributed by atoms with Crippen molar-refractivity contribution in [2.24, 2.45) is 0 Å². The second kappa shape index (κ2) is 8.05. The molecule has 0 N–H and O–H groups in total. The van der Waals surface area contributed by atoms with Crippen LogP contribution in [0.15, 0.2) is 30.3 Å². The van der Waals surface area contributed by atoms with Crippen LogP contribution < -0.4 is 5.11 Å². The molecule has 0 radical (unpaired) electrons. The van der Waals surface area contributed by atoms with E-state index in [1.54, 1.807) is 6.92 Å². The molecule has 0 aliphatic rings. The molecule has 11 heavy (non-hydrogen) atoms. The average molecular weight is 160 g/mol. The van der Waals surface area contributed by atoms with E-state index in [9.17, 15) is 0 Å². The van der Waals surface area contributed by atoms with Crippen molar-refractivity contribution < 1.29 is 5.11 Å². The van der Waals surface area contributed by atoms with Gasteiger partial charge < -0.3 is 5.11 Å². The van der Waals surface area contributed by atoms with Crippen molar-refractivity contribution in [3.8, 4) is 0 Å². The second-order valence-corrected chi connectivity index (χ2v) is 2.52. The second-order valence-electron chi connectivity index (χ2n) is 2.02. The van der Waals surface area contributed by atoms with Gasteiger partial charge in [0, 0.05) is 0 Å². The first kappa shape index (κ1) is 10.9. The quantitative estimate of drug-likeness (QED) is 0.556. The van der Waals surface area contributed by atoms with Gasteiger partial charge in [-0.3, -0.25) is 0 Å².